The third-order valence-corrected chi connectivity index (χ3v) is 2.10. The van der Waals surface area contributed by atoms with Crippen molar-refractivity contribution in [1.82, 2.24) is 0 Å². The second-order valence-corrected chi connectivity index (χ2v) is 3.57. The molecule has 1 rings (SSSR count). The lowest BCUT2D eigenvalue weighted by atomic mass is 10.1. The summed E-state index contributed by atoms with van der Waals surface area (Å²) in [6.07, 6.45) is -6.10. The van der Waals surface area contributed by atoms with E-state index in [1.807, 2.05) is 6.92 Å². The van der Waals surface area contributed by atoms with Gasteiger partial charge in [0.25, 0.3) is 0 Å². The summed E-state index contributed by atoms with van der Waals surface area (Å²) in [4.78, 5) is 0. The van der Waals surface area contributed by atoms with Crippen molar-refractivity contribution in [2.24, 2.45) is 0 Å². The molecule has 1 nitrogen and oxygen atoms in total. The Labute approximate surface area is 86.9 Å². The lowest BCUT2D eigenvalue weighted by molar-refractivity contribution is -0.189. The van der Waals surface area contributed by atoms with E-state index >= 15 is 0 Å². The van der Waals surface area contributed by atoms with Gasteiger partial charge in [0.05, 0.1) is 0 Å². The number of ether oxygens (including phenoxy) is 1. The molecule has 0 heterocycles. The Morgan fingerprint density at radius 2 is 1.80 bits per heavy atom. The van der Waals surface area contributed by atoms with E-state index in [0.717, 1.165) is 12.5 Å². The number of hydrogen-bond acceptors (Lipinski definition) is 1. The number of rotatable bonds is 2. The largest absolute Gasteiger partial charge is 0.481 e. The van der Waals surface area contributed by atoms with Gasteiger partial charge < -0.3 is 4.74 Å². The van der Waals surface area contributed by atoms with Crippen molar-refractivity contribution in [2.45, 2.75) is 33.1 Å². The van der Waals surface area contributed by atoms with Gasteiger partial charge in [0, 0.05) is 0 Å². The number of aryl methyl sites for hydroxylation is 2. The van der Waals surface area contributed by atoms with Crippen molar-refractivity contribution in [3.8, 4) is 5.75 Å². The maximum absolute atomic E-state index is 12.2. The van der Waals surface area contributed by atoms with Gasteiger partial charge in [0.15, 0.2) is 6.10 Å². The van der Waals surface area contributed by atoms with Crippen LogP contribution in [0.3, 0.4) is 0 Å². The van der Waals surface area contributed by atoms with Crippen LogP contribution in [-0.4, -0.2) is 12.3 Å². The Hall–Kier alpha value is -1.19. The van der Waals surface area contributed by atoms with Crippen molar-refractivity contribution in [1.29, 1.82) is 0 Å². The summed E-state index contributed by atoms with van der Waals surface area (Å²) in [5, 5.41) is 0. The van der Waals surface area contributed by atoms with Crippen LogP contribution in [0.15, 0.2) is 18.2 Å². The Balaban J connectivity index is 2.82. The van der Waals surface area contributed by atoms with Crippen LogP contribution in [0, 0.1) is 13.8 Å². The average molecular weight is 218 g/mol. The van der Waals surface area contributed by atoms with Gasteiger partial charge >= 0.3 is 6.18 Å². The number of halogens is 3. The average Bonchev–Trinajstić information content (AvgIpc) is 2.08. The zero-order chi connectivity index (χ0) is 11.6. The van der Waals surface area contributed by atoms with Gasteiger partial charge in [-0.2, -0.15) is 13.2 Å². The second-order valence-electron chi connectivity index (χ2n) is 3.57. The molecule has 0 fully saturated rings. The highest BCUT2D eigenvalue weighted by atomic mass is 19.4. The quantitative estimate of drug-likeness (QED) is 0.736. The van der Waals surface area contributed by atoms with Crippen molar-refractivity contribution in [3.63, 3.8) is 0 Å². The van der Waals surface area contributed by atoms with Crippen molar-refractivity contribution < 1.29 is 17.9 Å². The van der Waals surface area contributed by atoms with Crippen LogP contribution < -0.4 is 4.74 Å². The van der Waals surface area contributed by atoms with Crippen LogP contribution in [-0.2, 0) is 0 Å². The van der Waals surface area contributed by atoms with Crippen LogP contribution >= 0.6 is 0 Å². The first-order valence-electron chi connectivity index (χ1n) is 4.61. The smallest absolute Gasteiger partial charge is 0.425 e. The summed E-state index contributed by atoms with van der Waals surface area (Å²) in [6.45, 7) is 4.61. The van der Waals surface area contributed by atoms with E-state index in [-0.39, 0.29) is 5.75 Å². The lowest BCUT2D eigenvalue weighted by Crippen LogP contribution is -2.31. The molecule has 0 spiro atoms. The maximum atomic E-state index is 12.2. The van der Waals surface area contributed by atoms with E-state index in [1.54, 1.807) is 25.1 Å². The van der Waals surface area contributed by atoms with Gasteiger partial charge in [-0.15, -0.1) is 0 Å². The molecule has 1 aromatic carbocycles. The van der Waals surface area contributed by atoms with Gasteiger partial charge in [-0.1, -0.05) is 17.7 Å². The molecule has 0 aliphatic heterocycles. The minimum Gasteiger partial charge on any atom is -0.481 e. The molecule has 0 amide bonds. The van der Waals surface area contributed by atoms with Crippen molar-refractivity contribution in [3.05, 3.63) is 29.3 Å². The molecule has 0 N–H and O–H groups in total. The minimum absolute atomic E-state index is 0.283. The molecule has 0 radical (unpaired) electrons. The van der Waals surface area contributed by atoms with E-state index in [4.69, 9.17) is 4.74 Å². The molecule has 0 bridgehead atoms. The lowest BCUT2D eigenvalue weighted by Gasteiger charge is -2.19. The fourth-order valence-electron chi connectivity index (χ4n) is 1.19. The molecule has 0 saturated carbocycles. The Kier molecular flexibility index (Phi) is 3.27. The highest BCUT2D eigenvalue weighted by molar-refractivity contribution is 5.35. The third kappa shape index (κ3) is 3.15. The first-order chi connectivity index (χ1) is 6.80. The number of hydrogen-bond donors (Lipinski definition) is 0. The van der Waals surface area contributed by atoms with Crippen LogP contribution in [0.5, 0.6) is 5.75 Å². The topological polar surface area (TPSA) is 9.23 Å². The minimum atomic E-state index is -4.32. The van der Waals surface area contributed by atoms with Crippen LogP contribution in [0.4, 0.5) is 13.2 Å². The molecule has 0 aromatic heterocycles. The zero-order valence-electron chi connectivity index (χ0n) is 8.85. The molecule has 15 heavy (non-hydrogen) atoms. The highest BCUT2D eigenvalue weighted by Gasteiger charge is 2.38. The normalized spacial score (nSPS) is 13.7. The number of benzene rings is 1. The Morgan fingerprint density at radius 3 is 2.27 bits per heavy atom. The van der Waals surface area contributed by atoms with Crippen LogP contribution in [0.1, 0.15) is 18.1 Å². The first-order valence-corrected chi connectivity index (χ1v) is 4.61. The van der Waals surface area contributed by atoms with E-state index in [9.17, 15) is 13.2 Å². The third-order valence-electron chi connectivity index (χ3n) is 2.10. The van der Waals surface area contributed by atoms with Gasteiger partial charge in [0.2, 0.25) is 0 Å². The Bertz CT molecular complexity index is 344. The summed E-state index contributed by atoms with van der Waals surface area (Å²) < 4.78 is 41.5. The van der Waals surface area contributed by atoms with E-state index in [0.29, 0.717) is 5.56 Å². The van der Waals surface area contributed by atoms with Gasteiger partial charge in [-0.05, 0) is 32.4 Å². The fourth-order valence-corrected chi connectivity index (χ4v) is 1.19. The summed E-state index contributed by atoms with van der Waals surface area (Å²) in [5.41, 5.74) is 1.71. The highest BCUT2D eigenvalue weighted by Crippen LogP contribution is 2.27. The molecular formula is C11H13F3O. The summed E-state index contributed by atoms with van der Waals surface area (Å²) >= 11 is 0. The number of alkyl halides is 3. The predicted octanol–water partition coefficient (Wildman–Crippen LogP) is 3.63. The van der Waals surface area contributed by atoms with Crippen molar-refractivity contribution >= 4 is 0 Å². The molecule has 0 saturated heterocycles. The van der Waals surface area contributed by atoms with Crippen LogP contribution in [0.25, 0.3) is 0 Å². The fraction of sp³-hybridized carbons (Fsp3) is 0.455. The van der Waals surface area contributed by atoms with Crippen LogP contribution in [0.2, 0.25) is 0 Å². The predicted molar refractivity (Wildman–Crippen MR) is 52.1 cm³/mol. The summed E-state index contributed by atoms with van der Waals surface area (Å²) in [5.74, 6) is 0.283. The molecule has 0 aliphatic rings. The SMILES string of the molecule is Cc1ccc(O[C@H](C)C(F)(F)F)c(C)c1. The molecule has 1 aromatic rings. The molecule has 4 heteroatoms. The summed E-state index contributed by atoms with van der Waals surface area (Å²) in [7, 11) is 0. The molecule has 1 atom stereocenters. The first kappa shape index (κ1) is 11.9. The van der Waals surface area contributed by atoms with Crippen molar-refractivity contribution in [2.75, 3.05) is 0 Å². The van der Waals surface area contributed by atoms with Gasteiger partial charge in [-0.25, -0.2) is 0 Å². The van der Waals surface area contributed by atoms with Gasteiger partial charge in [-0.3, -0.25) is 0 Å². The van der Waals surface area contributed by atoms with E-state index < -0.39 is 12.3 Å². The summed E-state index contributed by atoms with van der Waals surface area (Å²) in [6, 6.07) is 5.08. The standard InChI is InChI=1S/C11H13F3O/c1-7-4-5-10(8(2)6-7)15-9(3)11(12,13)14/h4-6,9H,1-3H3/t9-/m1/s1. The van der Waals surface area contributed by atoms with E-state index in [1.165, 1.54) is 0 Å². The second kappa shape index (κ2) is 4.13. The monoisotopic (exact) mass is 218 g/mol. The Morgan fingerprint density at radius 1 is 1.20 bits per heavy atom. The molecule has 0 unspecified atom stereocenters. The molecule has 84 valence electrons. The maximum Gasteiger partial charge on any atom is 0.425 e. The zero-order valence-corrected chi connectivity index (χ0v) is 8.85. The molecule has 0 aliphatic carbocycles. The van der Waals surface area contributed by atoms with Gasteiger partial charge in [0.1, 0.15) is 5.75 Å². The molecular weight excluding hydrogens is 205 g/mol. The van der Waals surface area contributed by atoms with E-state index in [2.05, 4.69) is 0 Å².